The topological polar surface area (TPSA) is 94.2 Å². The molecule has 35 heavy (non-hydrogen) atoms. The Hall–Kier alpha value is -4.70. The van der Waals surface area contributed by atoms with Crippen LogP contribution in [0.2, 0.25) is 0 Å². The third-order valence-electron chi connectivity index (χ3n) is 5.63. The predicted octanol–water partition coefficient (Wildman–Crippen LogP) is 3.91. The number of rotatable bonds is 8. The van der Waals surface area contributed by atoms with Gasteiger partial charge in [0.05, 0.1) is 18.5 Å². The summed E-state index contributed by atoms with van der Waals surface area (Å²) in [5.41, 5.74) is 2.66. The Kier molecular flexibility index (Phi) is 7.03. The molecule has 1 aromatic heterocycles. The van der Waals surface area contributed by atoms with Gasteiger partial charge in [-0.2, -0.15) is 0 Å². The minimum Gasteiger partial charge on any atom is -0.478 e. The van der Waals surface area contributed by atoms with Crippen LogP contribution in [0, 0.1) is 12.3 Å². The van der Waals surface area contributed by atoms with E-state index in [9.17, 15) is 19.5 Å². The lowest BCUT2D eigenvalue weighted by atomic mass is 9.99. The summed E-state index contributed by atoms with van der Waals surface area (Å²) >= 11 is 0. The predicted molar refractivity (Wildman–Crippen MR) is 132 cm³/mol. The van der Waals surface area contributed by atoms with Crippen LogP contribution in [-0.4, -0.2) is 31.3 Å². The van der Waals surface area contributed by atoms with Crippen LogP contribution < -0.4 is 5.69 Å². The first-order valence-electron chi connectivity index (χ1n) is 11.1. The molecule has 4 rings (SSSR count). The number of carboxylic acids is 1. The molecule has 1 heterocycles. The standard InChI is InChI=1S/C28H23N3O4/c1-2-3-13-25-29-31(26(32)18-20-9-5-4-6-10-20)28(35)30(25)19-21-14-16-22(17-15-21)23-11-7-8-12-24(23)27(33)34/h1,4-12,14-17H,3,13,18-19H2,(H,33,34). The maximum atomic E-state index is 13.1. The lowest BCUT2D eigenvalue weighted by Gasteiger charge is -2.09. The van der Waals surface area contributed by atoms with E-state index in [4.69, 9.17) is 6.42 Å². The molecule has 7 nitrogen and oxygen atoms in total. The van der Waals surface area contributed by atoms with Gasteiger partial charge in [0, 0.05) is 12.8 Å². The van der Waals surface area contributed by atoms with E-state index in [1.807, 2.05) is 54.6 Å². The van der Waals surface area contributed by atoms with E-state index in [2.05, 4.69) is 11.0 Å². The summed E-state index contributed by atoms with van der Waals surface area (Å²) in [6, 6.07) is 23.2. The molecule has 0 aliphatic rings. The average molecular weight is 466 g/mol. The van der Waals surface area contributed by atoms with Gasteiger partial charge in [0.25, 0.3) is 5.91 Å². The number of nitrogens with zero attached hydrogens (tertiary/aromatic N) is 3. The van der Waals surface area contributed by atoms with Gasteiger partial charge in [-0.05, 0) is 28.3 Å². The lowest BCUT2D eigenvalue weighted by molar-refractivity contribution is 0.0697. The number of hydrogen-bond acceptors (Lipinski definition) is 4. The Morgan fingerprint density at radius 3 is 2.29 bits per heavy atom. The quantitative estimate of drug-likeness (QED) is 0.398. The summed E-state index contributed by atoms with van der Waals surface area (Å²) in [4.78, 5) is 37.5. The number of carboxylic acid groups (broad SMARTS) is 1. The van der Waals surface area contributed by atoms with Crippen LogP contribution in [-0.2, 0) is 19.4 Å². The van der Waals surface area contributed by atoms with Crippen LogP contribution in [0.1, 0.15) is 38.5 Å². The third-order valence-corrected chi connectivity index (χ3v) is 5.63. The van der Waals surface area contributed by atoms with E-state index in [-0.39, 0.29) is 18.5 Å². The summed E-state index contributed by atoms with van der Waals surface area (Å²) in [5, 5.41) is 13.8. The highest BCUT2D eigenvalue weighted by molar-refractivity contribution is 5.96. The second kappa shape index (κ2) is 10.5. The van der Waals surface area contributed by atoms with Crippen LogP contribution in [0.5, 0.6) is 0 Å². The van der Waals surface area contributed by atoms with Gasteiger partial charge in [-0.15, -0.1) is 22.1 Å². The molecule has 0 aliphatic heterocycles. The van der Waals surface area contributed by atoms with Gasteiger partial charge in [-0.25, -0.2) is 9.59 Å². The van der Waals surface area contributed by atoms with Crippen molar-refractivity contribution in [1.82, 2.24) is 14.3 Å². The number of carbonyl (C=O) groups excluding carboxylic acids is 1. The summed E-state index contributed by atoms with van der Waals surface area (Å²) in [6.07, 6.45) is 6.22. The highest BCUT2D eigenvalue weighted by Gasteiger charge is 2.19. The van der Waals surface area contributed by atoms with Gasteiger partial charge in [-0.3, -0.25) is 9.36 Å². The SMILES string of the molecule is C#CCCc1nn(C(=O)Cc2ccccc2)c(=O)n1Cc1ccc(-c2ccccc2C(=O)O)cc1. The molecule has 0 saturated heterocycles. The molecule has 1 N–H and O–H groups in total. The maximum Gasteiger partial charge on any atom is 0.353 e. The monoisotopic (exact) mass is 465 g/mol. The number of aryl methyl sites for hydroxylation is 1. The Bertz CT molecular complexity index is 1460. The van der Waals surface area contributed by atoms with Crippen LogP contribution in [0.15, 0.2) is 83.7 Å². The zero-order chi connectivity index (χ0) is 24.8. The van der Waals surface area contributed by atoms with Crippen molar-refractivity contribution in [3.05, 3.63) is 112 Å². The van der Waals surface area contributed by atoms with E-state index < -0.39 is 17.6 Å². The molecule has 174 valence electrons. The van der Waals surface area contributed by atoms with Crippen LogP contribution in [0.4, 0.5) is 0 Å². The molecule has 7 heteroatoms. The van der Waals surface area contributed by atoms with Crippen molar-refractivity contribution in [2.75, 3.05) is 0 Å². The molecule has 0 fully saturated rings. The Morgan fingerprint density at radius 2 is 1.60 bits per heavy atom. The molecule has 0 aliphatic carbocycles. The van der Waals surface area contributed by atoms with Crippen molar-refractivity contribution in [3.8, 4) is 23.5 Å². The fourth-order valence-electron chi connectivity index (χ4n) is 3.87. The highest BCUT2D eigenvalue weighted by atomic mass is 16.4. The Morgan fingerprint density at radius 1 is 0.914 bits per heavy atom. The third kappa shape index (κ3) is 5.28. The molecule has 0 amide bonds. The second-order valence-electron chi connectivity index (χ2n) is 8.00. The first kappa shape index (κ1) is 23.5. The van der Waals surface area contributed by atoms with Crippen molar-refractivity contribution in [1.29, 1.82) is 0 Å². The average Bonchev–Trinajstić information content (AvgIpc) is 3.18. The van der Waals surface area contributed by atoms with Gasteiger partial charge >= 0.3 is 11.7 Å². The fourth-order valence-corrected chi connectivity index (χ4v) is 3.87. The first-order valence-corrected chi connectivity index (χ1v) is 11.1. The molecule has 0 bridgehead atoms. The van der Waals surface area contributed by atoms with Crippen LogP contribution in [0.25, 0.3) is 11.1 Å². The number of carbonyl (C=O) groups is 2. The smallest absolute Gasteiger partial charge is 0.353 e. The zero-order valence-corrected chi connectivity index (χ0v) is 18.9. The van der Waals surface area contributed by atoms with Crippen molar-refractivity contribution in [2.45, 2.75) is 25.8 Å². The molecular weight excluding hydrogens is 442 g/mol. The molecule has 0 radical (unpaired) electrons. The van der Waals surface area contributed by atoms with E-state index in [1.165, 1.54) is 4.57 Å². The van der Waals surface area contributed by atoms with E-state index in [0.717, 1.165) is 21.4 Å². The molecular formula is C28H23N3O4. The molecule has 4 aromatic rings. The largest absolute Gasteiger partial charge is 0.478 e. The van der Waals surface area contributed by atoms with Gasteiger partial charge in [0.2, 0.25) is 0 Å². The highest BCUT2D eigenvalue weighted by Crippen LogP contribution is 2.24. The second-order valence-corrected chi connectivity index (χ2v) is 8.00. The van der Waals surface area contributed by atoms with Crippen molar-refractivity contribution < 1.29 is 14.7 Å². The molecule has 0 unspecified atom stereocenters. The minimum absolute atomic E-state index is 0.0595. The number of benzene rings is 3. The van der Waals surface area contributed by atoms with Crippen molar-refractivity contribution in [3.63, 3.8) is 0 Å². The van der Waals surface area contributed by atoms with E-state index in [0.29, 0.717) is 24.2 Å². The Balaban J connectivity index is 1.62. The molecule has 0 atom stereocenters. The van der Waals surface area contributed by atoms with E-state index in [1.54, 1.807) is 24.3 Å². The molecule has 3 aromatic carbocycles. The van der Waals surface area contributed by atoms with Gasteiger partial charge in [-0.1, -0.05) is 72.8 Å². The molecule has 0 saturated carbocycles. The summed E-state index contributed by atoms with van der Waals surface area (Å²) in [6.45, 7) is 0.207. The Labute approximate surface area is 202 Å². The number of hydrogen-bond donors (Lipinski definition) is 1. The number of aromatic nitrogens is 3. The van der Waals surface area contributed by atoms with Crippen LogP contribution in [0.3, 0.4) is 0 Å². The van der Waals surface area contributed by atoms with Crippen LogP contribution >= 0.6 is 0 Å². The normalized spacial score (nSPS) is 10.6. The first-order chi connectivity index (χ1) is 17.0. The molecule has 0 spiro atoms. The van der Waals surface area contributed by atoms with Crippen molar-refractivity contribution >= 4 is 11.9 Å². The number of aromatic carboxylic acids is 1. The summed E-state index contributed by atoms with van der Waals surface area (Å²) in [7, 11) is 0. The number of terminal acetylenes is 1. The van der Waals surface area contributed by atoms with Gasteiger partial charge in [0.1, 0.15) is 5.82 Å². The zero-order valence-electron chi connectivity index (χ0n) is 18.9. The van der Waals surface area contributed by atoms with E-state index >= 15 is 0 Å². The van der Waals surface area contributed by atoms with Gasteiger partial charge < -0.3 is 5.11 Å². The summed E-state index contributed by atoms with van der Waals surface area (Å²) < 4.78 is 2.37. The van der Waals surface area contributed by atoms with Gasteiger partial charge in [0.15, 0.2) is 0 Å². The minimum atomic E-state index is -0.998. The lowest BCUT2D eigenvalue weighted by Crippen LogP contribution is -2.31. The fraction of sp³-hybridized carbons (Fsp3) is 0.143. The summed E-state index contributed by atoms with van der Waals surface area (Å²) in [5.74, 6) is 1.57. The van der Waals surface area contributed by atoms with Crippen molar-refractivity contribution in [2.24, 2.45) is 0 Å². The maximum absolute atomic E-state index is 13.1.